The molecule has 0 bridgehead atoms. The first-order valence-corrected chi connectivity index (χ1v) is 14.5. The predicted octanol–water partition coefficient (Wildman–Crippen LogP) is 4.56. The first-order chi connectivity index (χ1) is 20.3. The third-order valence-electron chi connectivity index (χ3n) is 7.43. The van der Waals surface area contributed by atoms with Crippen LogP contribution in [-0.4, -0.2) is 53.4 Å². The zero-order chi connectivity index (χ0) is 30.1. The first kappa shape index (κ1) is 30.8. The molecule has 0 saturated heterocycles. The van der Waals surface area contributed by atoms with Crippen LogP contribution in [-0.2, 0) is 19.1 Å². The summed E-state index contributed by atoms with van der Waals surface area (Å²) in [4.78, 5) is 38.0. The molecule has 10 nitrogen and oxygen atoms in total. The van der Waals surface area contributed by atoms with E-state index in [0.717, 1.165) is 16.5 Å². The van der Waals surface area contributed by atoms with Crippen LogP contribution in [0.25, 0.3) is 10.9 Å². The summed E-state index contributed by atoms with van der Waals surface area (Å²) >= 11 is 0. The maximum absolute atomic E-state index is 13.2. The molecule has 1 aliphatic heterocycles. The Labute approximate surface area is 245 Å². The number of benzene rings is 2. The Bertz CT molecular complexity index is 1430. The zero-order valence-electron chi connectivity index (χ0n) is 24.2. The summed E-state index contributed by atoms with van der Waals surface area (Å²) in [6, 6.07) is 14.8. The number of nitrogens with one attached hydrogen (secondary N) is 2. The number of aromatic nitrogens is 1. The Morgan fingerprint density at radius 1 is 1.07 bits per heavy atom. The minimum Gasteiger partial charge on any atom is -0.459 e. The molecule has 1 aliphatic rings. The van der Waals surface area contributed by atoms with Gasteiger partial charge in [-0.3, -0.25) is 19.0 Å². The summed E-state index contributed by atoms with van der Waals surface area (Å²) in [5.74, 6) is -0.948. The summed E-state index contributed by atoms with van der Waals surface area (Å²) < 4.78 is 13.7. The van der Waals surface area contributed by atoms with E-state index in [1.165, 1.54) is 6.92 Å². The lowest BCUT2D eigenvalue weighted by molar-refractivity contribution is -0.166. The standard InChI is InChI=1S/C32H40N4O6/c1-3-41-32-23(12-10-18-37)24(25-20-36(21(2)38)28-15-7-4-11-22(25)28)19-29(42-32)31(40)34-17-9-8-16-30(39)35-27-14-6-5-13-26(27)33/h4-7,11,13-15,19-20,23-24,32,37H,3,8-10,12,16-18,33H2,1-2H3,(H,34,40)(H,35,39)/t23-,24-,32+/m1/s1. The molecule has 224 valence electrons. The van der Waals surface area contributed by atoms with Crippen molar-refractivity contribution in [3.8, 4) is 0 Å². The fourth-order valence-corrected chi connectivity index (χ4v) is 5.38. The van der Waals surface area contributed by atoms with E-state index in [2.05, 4.69) is 10.6 Å². The smallest absolute Gasteiger partial charge is 0.286 e. The molecule has 2 amide bonds. The lowest BCUT2D eigenvalue weighted by Crippen LogP contribution is -2.39. The molecule has 10 heteroatoms. The van der Waals surface area contributed by atoms with Gasteiger partial charge in [0.1, 0.15) is 0 Å². The van der Waals surface area contributed by atoms with Gasteiger partial charge < -0.3 is 30.9 Å². The Hall–Kier alpha value is -4.15. The van der Waals surface area contributed by atoms with Crippen LogP contribution in [0.15, 0.2) is 66.6 Å². The topological polar surface area (TPSA) is 145 Å². The van der Waals surface area contributed by atoms with Crippen LogP contribution in [0, 0.1) is 5.92 Å². The van der Waals surface area contributed by atoms with Crippen LogP contribution in [0.4, 0.5) is 11.4 Å². The normalized spacial score (nSPS) is 18.3. The molecule has 2 aromatic carbocycles. The number of nitrogen functional groups attached to an aromatic ring is 1. The van der Waals surface area contributed by atoms with E-state index >= 15 is 0 Å². The molecule has 2 heterocycles. The number of allylic oxidation sites excluding steroid dienone is 1. The second-order valence-electron chi connectivity index (χ2n) is 10.4. The van der Waals surface area contributed by atoms with Crippen molar-refractivity contribution in [1.29, 1.82) is 0 Å². The molecule has 0 radical (unpaired) electrons. The monoisotopic (exact) mass is 576 g/mol. The molecular formula is C32H40N4O6. The number of carbonyl (C=O) groups is 3. The number of nitrogens with zero attached hydrogens (tertiary/aromatic N) is 1. The number of fused-ring (bicyclic) bond motifs is 1. The van der Waals surface area contributed by atoms with E-state index in [1.54, 1.807) is 34.9 Å². The number of para-hydroxylation sites is 3. The maximum Gasteiger partial charge on any atom is 0.286 e. The third-order valence-corrected chi connectivity index (χ3v) is 7.43. The number of amides is 2. The fourth-order valence-electron chi connectivity index (χ4n) is 5.38. The van der Waals surface area contributed by atoms with E-state index in [9.17, 15) is 19.5 Å². The predicted molar refractivity (Wildman–Crippen MR) is 162 cm³/mol. The number of carbonyl (C=O) groups excluding carboxylic acids is 3. The Morgan fingerprint density at radius 2 is 1.83 bits per heavy atom. The van der Waals surface area contributed by atoms with Gasteiger partial charge in [-0.05, 0) is 62.4 Å². The van der Waals surface area contributed by atoms with Crippen LogP contribution in [0.3, 0.4) is 0 Å². The lowest BCUT2D eigenvalue weighted by Gasteiger charge is -2.36. The van der Waals surface area contributed by atoms with E-state index in [0.29, 0.717) is 56.6 Å². The number of aliphatic hydroxyl groups excluding tert-OH is 1. The van der Waals surface area contributed by atoms with Crippen molar-refractivity contribution >= 4 is 40.0 Å². The molecule has 0 fully saturated rings. The fraction of sp³-hybridized carbons (Fsp3) is 0.406. The molecule has 42 heavy (non-hydrogen) atoms. The van der Waals surface area contributed by atoms with Gasteiger partial charge in [0.25, 0.3) is 5.91 Å². The van der Waals surface area contributed by atoms with Crippen molar-refractivity contribution in [2.24, 2.45) is 5.92 Å². The summed E-state index contributed by atoms with van der Waals surface area (Å²) in [7, 11) is 0. The van der Waals surface area contributed by atoms with Crippen LogP contribution in [0.5, 0.6) is 0 Å². The van der Waals surface area contributed by atoms with Crippen LogP contribution in [0.1, 0.15) is 62.2 Å². The molecule has 4 rings (SSSR count). The summed E-state index contributed by atoms with van der Waals surface area (Å²) in [5, 5.41) is 16.2. The Morgan fingerprint density at radius 3 is 2.57 bits per heavy atom. The highest BCUT2D eigenvalue weighted by Gasteiger charge is 2.39. The number of rotatable bonds is 13. The van der Waals surface area contributed by atoms with Crippen molar-refractivity contribution in [1.82, 2.24) is 9.88 Å². The van der Waals surface area contributed by atoms with Gasteiger partial charge in [-0.15, -0.1) is 0 Å². The van der Waals surface area contributed by atoms with Gasteiger partial charge in [0.2, 0.25) is 18.1 Å². The molecular weight excluding hydrogens is 536 g/mol. The minimum atomic E-state index is -0.703. The SMILES string of the molecule is CCO[C@H]1OC(C(=O)NCCCCC(=O)Nc2ccccc2N)=C[C@@H](c2cn(C(C)=O)c3ccccc23)[C@H]1CCCO. The van der Waals surface area contributed by atoms with Crippen molar-refractivity contribution in [3.63, 3.8) is 0 Å². The van der Waals surface area contributed by atoms with Gasteiger partial charge in [0.05, 0.1) is 16.9 Å². The summed E-state index contributed by atoms with van der Waals surface area (Å²) in [6.07, 6.45) is 5.55. The number of nitrogens with two attached hydrogens (primary N) is 1. The molecule has 3 atom stereocenters. The second kappa shape index (κ2) is 14.7. The third kappa shape index (κ3) is 7.37. The number of hydrogen-bond acceptors (Lipinski definition) is 7. The van der Waals surface area contributed by atoms with Crippen molar-refractivity contribution < 1.29 is 29.0 Å². The van der Waals surface area contributed by atoms with Gasteiger partial charge in [0.15, 0.2) is 5.76 Å². The van der Waals surface area contributed by atoms with E-state index in [1.807, 2.05) is 37.4 Å². The van der Waals surface area contributed by atoms with Crippen LogP contribution >= 0.6 is 0 Å². The average Bonchev–Trinajstić information content (AvgIpc) is 3.37. The highest BCUT2D eigenvalue weighted by molar-refractivity contribution is 5.95. The van der Waals surface area contributed by atoms with Gasteiger partial charge in [-0.2, -0.15) is 0 Å². The van der Waals surface area contributed by atoms with E-state index in [-0.39, 0.29) is 41.9 Å². The average molecular weight is 577 g/mol. The molecule has 0 spiro atoms. The number of unbranched alkanes of at least 4 members (excludes halogenated alkanes) is 1. The molecule has 5 N–H and O–H groups in total. The molecule has 0 saturated carbocycles. The van der Waals surface area contributed by atoms with Gasteiger partial charge in [-0.1, -0.05) is 30.3 Å². The van der Waals surface area contributed by atoms with E-state index < -0.39 is 6.29 Å². The van der Waals surface area contributed by atoms with Crippen molar-refractivity contribution in [2.75, 3.05) is 30.8 Å². The number of hydrogen-bond donors (Lipinski definition) is 4. The second-order valence-corrected chi connectivity index (χ2v) is 10.4. The molecule has 3 aromatic rings. The summed E-state index contributed by atoms with van der Waals surface area (Å²) in [5.41, 5.74) is 8.66. The summed E-state index contributed by atoms with van der Waals surface area (Å²) in [6.45, 7) is 4.14. The number of anilines is 2. The largest absolute Gasteiger partial charge is 0.459 e. The Kier molecular flexibility index (Phi) is 10.7. The van der Waals surface area contributed by atoms with Gasteiger partial charge >= 0.3 is 0 Å². The molecule has 0 unspecified atom stereocenters. The van der Waals surface area contributed by atoms with Gasteiger partial charge in [0, 0.05) is 56.5 Å². The zero-order valence-corrected chi connectivity index (χ0v) is 24.2. The number of aliphatic hydroxyl groups is 1. The first-order valence-electron chi connectivity index (χ1n) is 14.5. The van der Waals surface area contributed by atoms with Gasteiger partial charge in [-0.25, -0.2) is 0 Å². The molecule has 1 aromatic heterocycles. The Balaban J connectivity index is 1.47. The lowest BCUT2D eigenvalue weighted by atomic mass is 9.80. The van der Waals surface area contributed by atoms with Crippen LogP contribution in [0.2, 0.25) is 0 Å². The van der Waals surface area contributed by atoms with Crippen molar-refractivity contribution in [3.05, 3.63) is 72.1 Å². The van der Waals surface area contributed by atoms with Crippen LogP contribution < -0.4 is 16.4 Å². The quantitative estimate of drug-likeness (QED) is 0.172. The highest BCUT2D eigenvalue weighted by atomic mass is 16.7. The number of ether oxygens (including phenoxy) is 2. The molecule has 0 aliphatic carbocycles. The minimum absolute atomic E-state index is 0.0189. The van der Waals surface area contributed by atoms with Crippen molar-refractivity contribution in [2.45, 2.75) is 58.2 Å². The maximum atomic E-state index is 13.2. The highest BCUT2D eigenvalue weighted by Crippen LogP contribution is 2.42. The van der Waals surface area contributed by atoms with E-state index in [4.69, 9.17) is 15.2 Å².